The molecule has 0 aliphatic carbocycles. The van der Waals surface area contributed by atoms with Crippen LogP contribution in [-0.2, 0) is 9.53 Å². The molecule has 0 rings (SSSR count). The molecule has 15 heavy (non-hydrogen) atoms. The van der Waals surface area contributed by atoms with Crippen LogP contribution in [0.15, 0.2) is 25.3 Å². The minimum Gasteiger partial charge on any atom is -0.468 e. The molecule has 0 radical (unpaired) electrons. The largest absolute Gasteiger partial charge is 0.468 e. The normalized spacial score (nSPS) is 9.13. The summed E-state index contributed by atoms with van der Waals surface area (Å²) >= 11 is 6.44. The number of thiocarbonyl (C=S) groups is 1. The van der Waals surface area contributed by atoms with Gasteiger partial charge in [-0.3, -0.25) is 4.79 Å². The first kappa shape index (κ1) is 14.2. The van der Waals surface area contributed by atoms with Gasteiger partial charge < -0.3 is 9.64 Å². The zero-order chi connectivity index (χ0) is 11.7. The summed E-state index contributed by atoms with van der Waals surface area (Å²) in [5, 5.41) is 0. The van der Waals surface area contributed by atoms with Gasteiger partial charge in [-0.05, 0) is 0 Å². The maximum atomic E-state index is 10.9. The number of esters is 1. The maximum Gasteiger partial charge on any atom is 0.316 e. The molecule has 5 heteroatoms. The average molecular weight is 245 g/mol. The second kappa shape index (κ2) is 8.49. The molecule has 0 saturated heterocycles. The Bertz CT molecular complexity index is 244. The van der Waals surface area contributed by atoms with Crippen LogP contribution >= 0.6 is 24.0 Å². The number of carbonyl (C=O) groups excluding carboxylic acids is 1. The smallest absolute Gasteiger partial charge is 0.316 e. The fraction of sp³-hybridized carbons (Fsp3) is 0.400. The van der Waals surface area contributed by atoms with Gasteiger partial charge in [0.1, 0.15) is 4.32 Å². The van der Waals surface area contributed by atoms with Gasteiger partial charge in [0.25, 0.3) is 0 Å². The molecule has 0 saturated carbocycles. The number of ether oxygens (including phenoxy) is 1. The van der Waals surface area contributed by atoms with Crippen LogP contribution in [-0.4, -0.2) is 41.1 Å². The zero-order valence-electron chi connectivity index (χ0n) is 8.77. The minimum absolute atomic E-state index is 0.236. The van der Waals surface area contributed by atoms with Crippen LogP contribution in [0.3, 0.4) is 0 Å². The number of thioether (sulfide) groups is 1. The van der Waals surface area contributed by atoms with Crippen molar-refractivity contribution in [3.8, 4) is 0 Å². The van der Waals surface area contributed by atoms with Gasteiger partial charge in [0.05, 0.1) is 12.9 Å². The highest BCUT2D eigenvalue weighted by Gasteiger charge is 2.09. The molecular formula is C10H15NO2S2. The predicted molar refractivity (Wildman–Crippen MR) is 69.0 cm³/mol. The van der Waals surface area contributed by atoms with E-state index in [1.54, 1.807) is 12.2 Å². The Morgan fingerprint density at radius 3 is 2.40 bits per heavy atom. The van der Waals surface area contributed by atoms with E-state index >= 15 is 0 Å². The van der Waals surface area contributed by atoms with E-state index in [2.05, 4.69) is 17.9 Å². The van der Waals surface area contributed by atoms with Crippen molar-refractivity contribution >= 4 is 34.3 Å². The van der Waals surface area contributed by atoms with E-state index in [1.165, 1.54) is 18.9 Å². The highest BCUT2D eigenvalue weighted by atomic mass is 32.2. The number of methoxy groups -OCH3 is 1. The molecule has 0 heterocycles. The Morgan fingerprint density at radius 1 is 1.47 bits per heavy atom. The monoisotopic (exact) mass is 245 g/mol. The summed E-state index contributed by atoms with van der Waals surface area (Å²) in [6, 6.07) is 0. The van der Waals surface area contributed by atoms with Crippen LogP contribution in [0.1, 0.15) is 0 Å². The Morgan fingerprint density at radius 2 is 2.00 bits per heavy atom. The quantitative estimate of drug-likeness (QED) is 0.405. The second-order valence-electron chi connectivity index (χ2n) is 2.61. The Hall–Kier alpha value is -0.810. The van der Waals surface area contributed by atoms with Gasteiger partial charge in [-0.25, -0.2) is 0 Å². The number of rotatable bonds is 6. The first-order valence-electron chi connectivity index (χ1n) is 4.36. The fourth-order valence-electron chi connectivity index (χ4n) is 0.806. The summed E-state index contributed by atoms with van der Waals surface area (Å²) in [6.45, 7) is 8.58. The van der Waals surface area contributed by atoms with Gasteiger partial charge in [0.15, 0.2) is 0 Å². The van der Waals surface area contributed by atoms with Gasteiger partial charge in [-0.1, -0.05) is 36.1 Å². The van der Waals surface area contributed by atoms with Crippen LogP contribution in [0.5, 0.6) is 0 Å². The molecule has 0 aromatic carbocycles. The van der Waals surface area contributed by atoms with Gasteiger partial charge in [0, 0.05) is 13.1 Å². The maximum absolute atomic E-state index is 10.9. The van der Waals surface area contributed by atoms with Crippen LogP contribution < -0.4 is 0 Å². The van der Waals surface area contributed by atoms with Crippen molar-refractivity contribution in [1.82, 2.24) is 4.90 Å². The van der Waals surface area contributed by atoms with E-state index in [9.17, 15) is 4.79 Å². The fourth-order valence-corrected chi connectivity index (χ4v) is 1.82. The molecule has 0 aliphatic rings. The highest BCUT2D eigenvalue weighted by Crippen LogP contribution is 2.09. The first-order chi connectivity index (χ1) is 7.15. The molecule has 0 fully saturated rings. The van der Waals surface area contributed by atoms with Crippen molar-refractivity contribution in [3.05, 3.63) is 25.3 Å². The summed E-state index contributed by atoms with van der Waals surface area (Å²) in [7, 11) is 1.36. The summed E-state index contributed by atoms with van der Waals surface area (Å²) in [5.41, 5.74) is 0. The van der Waals surface area contributed by atoms with E-state index in [1.807, 2.05) is 4.90 Å². The summed E-state index contributed by atoms with van der Waals surface area (Å²) in [5.74, 6) is -0.0420. The van der Waals surface area contributed by atoms with Crippen LogP contribution in [0.25, 0.3) is 0 Å². The molecule has 0 unspecified atom stereocenters. The highest BCUT2D eigenvalue weighted by molar-refractivity contribution is 8.23. The molecule has 0 bridgehead atoms. The van der Waals surface area contributed by atoms with Crippen molar-refractivity contribution in [2.24, 2.45) is 0 Å². The molecule has 84 valence electrons. The number of carbonyl (C=O) groups is 1. The molecule has 0 aromatic heterocycles. The number of nitrogens with zero attached hydrogens (tertiary/aromatic N) is 1. The third kappa shape index (κ3) is 6.30. The van der Waals surface area contributed by atoms with Crippen molar-refractivity contribution in [3.63, 3.8) is 0 Å². The average Bonchev–Trinajstić information content (AvgIpc) is 2.25. The van der Waals surface area contributed by atoms with Gasteiger partial charge >= 0.3 is 5.97 Å². The standard InChI is InChI=1S/C10H15NO2S2/c1-4-6-11(7-5-2)10(14)15-8-9(12)13-3/h4-5H,1-2,6-8H2,3H3. The van der Waals surface area contributed by atoms with Crippen molar-refractivity contribution in [2.75, 3.05) is 26.0 Å². The van der Waals surface area contributed by atoms with E-state index in [4.69, 9.17) is 12.2 Å². The van der Waals surface area contributed by atoms with Crippen molar-refractivity contribution in [2.45, 2.75) is 0 Å². The van der Waals surface area contributed by atoms with E-state index in [0.717, 1.165) is 0 Å². The summed E-state index contributed by atoms with van der Waals surface area (Å²) < 4.78 is 5.18. The molecule has 0 atom stereocenters. The lowest BCUT2D eigenvalue weighted by Crippen LogP contribution is -2.28. The minimum atomic E-state index is -0.278. The third-order valence-corrected chi connectivity index (χ3v) is 3.00. The molecule has 0 spiro atoms. The Balaban J connectivity index is 4.06. The number of hydrogen-bond donors (Lipinski definition) is 0. The van der Waals surface area contributed by atoms with E-state index in [0.29, 0.717) is 17.4 Å². The summed E-state index contributed by atoms with van der Waals surface area (Å²) in [4.78, 5) is 12.8. The lowest BCUT2D eigenvalue weighted by molar-refractivity contribution is -0.137. The Labute approximate surface area is 100 Å². The molecule has 0 aromatic rings. The van der Waals surface area contributed by atoms with Crippen LogP contribution in [0.2, 0.25) is 0 Å². The zero-order valence-corrected chi connectivity index (χ0v) is 10.4. The van der Waals surface area contributed by atoms with Crippen LogP contribution in [0.4, 0.5) is 0 Å². The molecule has 0 aliphatic heterocycles. The van der Waals surface area contributed by atoms with Crippen molar-refractivity contribution in [1.29, 1.82) is 0 Å². The van der Waals surface area contributed by atoms with Gasteiger partial charge in [-0.2, -0.15) is 0 Å². The molecule has 0 amide bonds. The van der Waals surface area contributed by atoms with Gasteiger partial charge in [0.2, 0.25) is 0 Å². The Kier molecular flexibility index (Phi) is 8.04. The van der Waals surface area contributed by atoms with Gasteiger partial charge in [-0.15, -0.1) is 13.2 Å². The lowest BCUT2D eigenvalue weighted by Gasteiger charge is -2.20. The van der Waals surface area contributed by atoms with Crippen LogP contribution in [0, 0.1) is 0 Å². The van der Waals surface area contributed by atoms with E-state index < -0.39 is 0 Å². The predicted octanol–water partition coefficient (Wildman–Crippen LogP) is 1.85. The lowest BCUT2D eigenvalue weighted by atomic mass is 10.5. The van der Waals surface area contributed by atoms with Crippen molar-refractivity contribution < 1.29 is 9.53 Å². The first-order valence-corrected chi connectivity index (χ1v) is 5.75. The number of hydrogen-bond acceptors (Lipinski definition) is 4. The molecule has 3 nitrogen and oxygen atoms in total. The molecular weight excluding hydrogens is 230 g/mol. The van der Waals surface area contributed by atoms with E-state index in [-0.39, 0.29) is 11.7 Å². The summed E-state index contributed by atoms with van der Waals surface area (Å²) in [6.07, 6.45) is 3.52. The molecule has 0 N–H and O–H groups in total. The third-order valence-electron chi connectivity index (χ3n) is 1.50. The topological polar surface area (TPSA) is 29.5 Å². The SMILES string of the molecule is C=CCN(CC=C)C(=S)SCC(=O)OC. The second-order valence-corrected chi connectivity index (χ2v) is 4.22.